The SMILES string of the molecule is CCC(N)C(c1ccc(C)o1)N(CCO)CCOC. The quantitative estimate of drug-likeness (QED) is 0.708. The number of furan rings is 1. The Kier molecular flexibility index (Phi) is 7.09. The Hall–Kier alpha value is -0.880. The van der Waals surface area contributed by atoms with Crippen LogP contribution in [0.15, 0.2) is 16.5 Å². The number of aliphatic hydroxyl groups is 1. The van der Waals surface area contributed by atoms with E-state index in [0.717, 1.165) is 24.5 Å². The Morgan fingerprint density at radius 3 is 2.63 bits per heavy atom. The van der Waals surface area contributed by atoms with Crippen LogP contribution in [0.2, 0.25) is 0 Å². The molecular weight excluding hydrogens is 244 g/mol. The van der Waals surface area contributed by atoms with E-state index in [9.17, 15) is 5.11 Å². The molecule has 2 unspecified atom stereocenters. The summed E-state index contributed by atoms with van der Waals surface area (Å²) < 4.78 is 10.9. The van der Waals surface area contributed by atoms with Gasteiger partial charge in [0.05, 0.1) is 19.3 Å². The monoisotopic (exact) mass is 270 g/mol. The zero-order valence-corrected chi connectivity index (χ0v) is 12.1. The fourth-order valence-corrected chi connectivity index (χ4v) is 2.22. The summed E-state index contributed by atoms with van der Waals surface area (Å²) in [6, 6.07) is 3.85. The highest BCUT2D eigenvalue weighted by Gasteiger charge is 2.27. The van der Waals surface area contributed by atoms with Gasteiger partial charge in [0, 0.05) is 26.2 Å². The maximum Gasteiger partial charge on any atom is 0.122 e. The van der Waals surface area contributed by atoms with Crippen LogP contribution < -0.4 is 5.73 Å². The van der Waals surface area contributed by atoms with Crippen LogP contribution in [-0.4, -0.2) is 49.5 Å². The average Bonchev–Trinajstić information content (AvgIpc) is 2.82. The van der Waals surface area contributed by atoms with Crippen molar-refractivity contribution >= 4 is 0 Å². The van der Waals surface area contributed by atoms with Crippen molar-refractivity contribution in [3.05, 3.63) is 23.7 Å². The van der Waals surface area contributed by atoms with Crippen molar-refractivity contribution < 1.29 is 14.3 Å². The summed E-state index contributed by atoms with van der Waals surface area (Å²) in [4.78, 5) is 2.12. The molecule has 1 aromatic heterocycles. The lowest BCUT2D eigenvalue weighted by Crippen LogP contribution is -2.43. The molecule has 1 rings (SSSR count). The first-order valence-electron chi connectivity index (χ1n) is 6.79. The number of ether oxygens (including phenoxy) is 1. The molecule has 19 heavy (non-hydrogen) atoms. The summed E-state index contributed by atoms with van der Waals surface area (Å²) in [6.45, 7) is 5.95. The Bertz CT molecular complexity index is 354. The molecular formula is C14H26N2O3. The smallest absolute Gasteiger partial charge is 0.122 e. The van der Waals surface area contributed by atoms with Crippen molar-refractivity contribution in [1.29, 1.82) is 0 Å². The van der Waals surface area contributed by atoms with Crippen LogP contribution in [0.1, 0.15) is 30.9 Å². The lowest BCUT2D eigenvalue weighted by atomic mass is 10.0. The van der Waals surface area contributed by atoms with E-state index >= 15 is 0 Å². The van der Waals surface area contributed by atoms with E-state index in [-0.39, 0.29) is 18.7 Å². The van der Waals surface area contributed by atoms with Crippen molar-refractivity contribution in [2.75, 3.05) is 33.4 Å². The number of nitrogens with zero attached hydrogens (tertiary/aromatic N) is 1. The van der Waals surface area contributed by atoms with Crippen LogP contribution in [-0.2, 0) is 4.74 Å². The topological polar surface area (TPSA) is 71.9 Å². The van der Waals surface area contributed by atoms with E-state index in [2.05, 4.69) is 11.8 Å². The molecule has 0 aromatic carbocycles. The first kappa shape index (κ1) is 16.2. The molecule has 5 heteroatoms. The minimum Gasteiger partial charge on any atom is -0.465 e. The van der Waals surface area contributed by atoms with Gasteiger partial charge in [-0.15, -0.1) is 0 Å². The van der Waals surface area contributed by atoms with Crippen LogP contribution in [0.3, 0.4) is 0 Å². The number of aliphatic hydroxyl groups excluding tert-OH is 1. The third-order valence-corrected chi connectivity index (χ3v) is 3.29. The second kappa shape index (κ2) is 8.32. The molecule has 0 amide bonds. The highest BCUT2D eigenvalue weighted by Crippen LogP contribution is 2.26. The molecule has 0 spiro atoms. The van der Waals surface area contributed by atoms with E-state index in [1.54, 1.807) is 7.11 Å². The van der Waals surface area contributed by atoms with Gasteiger partial charge in [-0.05, 0) is 25.5 Å². The summed E-state index contributed by atoms with van der Waals surface area (Å²) in [5.74, 6) is 1.73. The Labute approximate surface area is 115 Å². The minimum absolute atomic E-state index is 0.0269. The van der Waals surface area contributed by atoms with Crippen LogP contribution >= 0.6 is 0 Å². The lowest BCUT2D eigenvalue weighted by Gasteiger charge is -2.33. The Balaban J connectivity index is 2.91. The molecule has 1 heterocycles. The molecule has 0 radical (unpaired) electrons. The van der Waals surface area contributed by atoms with Gasteiger partial charge in [0.1, 0.15) is 11.5 Å². The van der Waals surface area contributed by atoms with E-state index in [1.165, 1.54) is 0 Å². The van der Waals surface area contributed by atoms with Crippen LogP contribution in [0, 0.1) is 6.92 Å². The molecule has 0 saturated heterocycles. The highest BCUT2D eigenvalue weighted by atomic mass is 16.5. The molecule has 110 valence electrons. The Morgan fingerprint density at radius 1 is 1.42 bits per heavy atom. The number of nitrogens with two attached hydrogens (primary N) is 1. The summed E-state index contributed by atoms with van der Waals surface area (Å²) in [5.41, 5.74) is 6.24. The fraction of sp³-hybridized carbons (Fsp3) is 0.714. The maximum absolute atomic E-state index is 9.24. The van der Waals surface area contributed by atoms with Crippen LogP contribution in [0.4, 0.5) is 0 Å². The number of methoxy groups -OCH3 is 1. The number of rotatable bonds is 9. The van der Waals surface area contributed by atoms with E-state index < -0.39 is 0 Å². The van der Waals surface area contributed by atoms with Gasteiger partial charge in [-0.2, -0.15) is 0 Å². The van der Waals surface area contributed by atoms with Gasteiger partial charge >= 0.3 is 0 Å². The van der Waals surface area contributed by atoms with Crippen molar-refractivity contribution in [1.82, 2.24) is 4.90 Å². The zero-order valence-electron chi connectivity index (χ0n) is 12.1. The standard InChI is InChI=1S/C14H26N2O3/c1-4-12(15)14(13-6-5-11(2)19-13)16(7-9-17)8-10-18-3/h5-6,12,14,17H,4,7-10,15H2,1-3H3. The second-order valence-electron chi connectivity index (χ2n) is 4.72. The summed E-state index contributed by atoms with van der Waals surface area (Å²) in [5, 5.41) is 9.24. The summed E-state index contributed by atoms with van der Waals surface area (Å²) >= 11 is 0. The van der Waals surface area contributed by atoms with Crippen molar-refractivity contribution in [2.45, 2.75) is 32.4 Å². The summed E-state index contributed by atoms with van der Waals surface area (Å²) in [6.07, 6.45) is 0.847. The van der Waals surface area contributed by atoms with Crippen molar-refractivity contribution in [3.63, 3.8) is 0 Å². The number of hydrogen-bond donors (Lipinski definition) is 2. The zero-order chi connectivity index (χ0) is 14.3. The molecule has 2 atom stereocenters. The van der Waals surface area contributed by atoms with E-state index in [0.29, 0.717) is 13.2 Å². The predicted octanol–water partition coefficient (Wildman–Crippen LogP) is 1.31. The van der Waals surface area contributed by atoms with Crippen LogP contribution in [0.25, 0.3) is 0 Å². The van der Waals surface area contributed by atoms with Gasteiger partial charge in [-0.25, -0.2) is 0 Å². The first-order valence-corrected chi connectivity index (χ1v) is 6.79. The molecule has 5 nitrogen and oxygen atoms in total. The second-order valence-corrected chi connectivity index (χ2v) is 4.72. The minimum atomic E-state index is -0.0334. The van der Waals surface area contributed by atoms with E-state index in [4.69, 9.17) is 14.9 Å². The molecule has 0 aliphatic carbocycles. The molecule has 1 aromatic rings. The summed E-state index contributed by atoms with van der Waals surface area (Å²) in [7, 11) is 1.67. The third kappa shape index (κ3) is 4.62. The van der Waals surface area contributed by atoms with Gasteiger partial charge in [-0.1, -0.05) is 6.92 Å². The molecule has 0 aliphatic rings. The van der Waals surface area contributed by atoms with Crippen molar-refractivity contribution in [3.8, 4) is 0 Å². The maximum atomic E-state index is 9.24. The fourth-order valence-electron chi connectivity index (χ4n) is 2.22. The van der Waals surface area contributed by atoms with Gasteiger partial charge in [-0.3, -0.25) is 4.90 Å². The average molecular weight is 270 g/mol. The Morgan fingerprint density at radius 2 is 2.16 bits per heavy atom. The largest absolute Gasteiger partial charge is 0.465 e. The third-order valence-electron chi connectivity index (χ3n) is 3.29. The molecule has 0 aliphatic heterocycles. The van der Waals surface area contributed by atoms with Gasteiger partial charge in [0.15, 0.2) is 0 Å². The van der Waals surface area contributed by atoms with Gasteiger partial charge in [0.25, 0.3) is 0 Å². The molecule has 0 bridgehead atoms. The van der Waals surface area contributed by atoms with Crippen LogP contribution in [0.5, 0.6) is 0 Å². The predicted molar refractivity (Wildman–Crippen MR) is 75.0 cm³/mol. The van der Waals surface area contributed by atoms with E-state index in [1.807, 2.05) is 19.1 Å². The van der Waals surface area contributed by atoms with Gasteiger partial charge < -0.3 is 20.0 Å². The van der Waals surface area contributed by atoms with Crippen molar-refractivity contribution in [2.24, 2.45) is 5.73 Å². The molecule has 3 N–H and O–H groups in total. The number of hydrogen-bond acceptors (Lipinski definition) is 5. The first-order chi connectivity index (χ1) is 9.13. The number of aryl methyl sites for hydroxylation is 1. The normalized spacial score (nSPS) is 14.8. The van der Waals surface area contributed by atoms with Gasteiger partial charge in [0.2, 0.25) is 0 Å². The molecule has 0 fully saturated rings. The lowest BCUT2D eigenvalue weighted by molar-refractivity contribution is 0.0804. The highest BCUT2D eigenvalue weighted by molar-refractivity contribution is 5.12. The molecule has 0 saturated carbocycles.